The largest absolute Gasteiger partial charge is 0.326 e. The first-order chi connectivity index (χ1) is 8.39. The zero-order valence-electron chi connectivity index (χ0n) is 12.8. The van der Waals surface area contributed by atoms with Crippen LogP contribution < -0.4 is 5.73 Å². The van der Waals surface area contributed by atoms with Crippen molar-refractivity contribution in [1.82, 2.24) is 4.90 Å². The lowest BCUT2D eigenvalue weighted by Crippen LogP contribution is -2.55. The van der Waals surface area contributed by atoms with Crippen molar-refractivity contribution in [3.8, 4) is 0 Å². The second-order valence-electron chi connectivity index (χ2n) is 7.76. The fraction of sp³-hybridized carbons (Fsp3) is 1.00. The van der Waals surface area contributed by atoms with E-state index in [0.29, 0.717) is 17.5 Å². The number of nitrogens with zero attached hydrogens (tertiary/aromatic N) is 1. The van der Waals surface area contributed by atoms with E-state index in [2.05, 4.69) is 32.6 Å². The lowest BCUT2D eigenvalue weighted by atomic mass is 9.72. The van der Waals surface area contributed by atoms with Crippen LogP contribution in [0.3, 0.4) is 0 Å². The molecule has 2 N–H and O–H groups in total. The van der Waals surface area contributed by atoms with Crippen LogP contribution in [0.25, 0.3) is 0 Å². The quantitative estimate of drug-likeness (QED) is 0.817. The van der Waals surface area contributed by atoms with Crippen LogP contribution in [0, 0.1) is 17.3 Å². The molecule has 0 spiro atoms. The molecule has 2 heteroatoms. The van der Waals surface area contributed by atoms with Crippen molar-refractivity contribution in [2.75, 3.05) is 13.1 Å². The van der Waals surface area contributed by atoms with E-state index in [9.17, 15) is 0 Å². The molecule has 1 saturated heterocycles. The Kier molecular flexibility index (Phi) is 4.38. The van der Waals surface area contributed by atoms with Gasteiger partial charge in [-0.15, -0.1) is 0 Å². The van der Waals surface area contributed by atoms with Gasteiger partial charge >= 0.3 is 0 Å². The molecule has 0 amide bonds. The summed E-state index contributed by atoms with van der Waals surface area (Å²) in [6.07, 6.45) is 6.55. The van der Waals surface area contributed by atoms with E-state index in [0.717, 1.165) is 11.8 Å². The number of likely N-dealkylation sites (tertiary alicyclic amines) is 1. The fourth-order valence-electron chi connectivity index (χ4n) is 3.89. The molecular formula is C16H32N2. The smallest absolute Gasteiger partial charge is 0.0252 e. The Bertz CT molecular complexity index is 264. The average molecular weight is 252 g/mol. The van der Waals surface area contributed by atoms with Crippen molar-refractivity contribution in [2.24, 2.45) is 23.0 Å². The highest BCUT2D eigenvalue weighted by Gasteiger charge is 2.37. The molecule has 2 rings (SSSR count). The molecule has 1 heterocycles. The van der Waals surface area contributed by atoms with E-state index < -0.39 is 0 Å². The van der Waals surface area contributed by atoms with Crippen LogP contribution >= 0.6 is 0 Å². The maximum Gasteiger partial charge on any atom is 0.0252 e. The first kappa shape index (κ1) is 14.3. The second kappa shape index (κ2) is 5.50. The van der Waals surface area contributed by atoms with Crippen molar-refractivity contribution < 1.29 is 0 Å². The van der Waals surface area contributed by atoms with Crippen molar-refractivity contribution in [1.29, 1.82) is 0 Å². The lowest BCUT2D eigenvalue weighted by molar-refractivity contribution is 0.0453. The van der Waals surface area contributed by atoms with Gasteiger partial charge in [-0.25, -0.2) is 0 Å². The zero-order chi connectivity index (χ0) is 13.3. The summed E-state index contributed by atoms with van der Waals surface area (Å²) in [5.74, 6) is 1.79. The summed E-state index contributed by atoms with van der Waals surface area (Å²) < 4.78 is 0. The molecule has 0 radical (unpaired) electrons. The molecule has 2 nitrogen and oxygen atoms in total. The van der Waals surface area contributed by atoms with Crippen molar-refractivity contribution >= 4 is 0 Å². The summed E-state index contributed by atoms with van der Waals surface area (Å²) in [4.78, 5) is 2.70. The molecule has 2 unspecified atom stereocenters. The summed E-state index contributed by atoms with van der Waals surface area (Å²) in [6.45, 7) is 12.1. The van der Waals surface area contributed by atoms with Crippen LogP contribution in [0.5, 0.6) is 0 Å². The summed E-state index contributed by atoms with van der Waals surface area (Å²) in [5, 5.41) is 0. The number of hydrogen-bond acceptors (Lipinski definition) is 2. The van der Waals surface area contributed by atoms with E-state index in [-0.39, 0.29) is 0 Å². The monoisotopic (exact) mass is 252 g/mol. The molecule has 1 saturated carbocycles. The van der Waals surface area contributed by atoms with E-state index in [1.54, 1.807) is 0 Å². The fourth-order valence-corrected chi connectivity index (χ4v) is 3.89. The zero-order valence-corrected chi connectivity index (χ0v) is 12.8. The molecule has 106 valence electrons. The van der Waals surface area contributed by atoms with E-state index in [1.807, 2.05) is 0 Å². The molecular weight excluding hydrogens is 220 g/mol. The van der Waals surface area contributed by atoms with Gasteiger partial charge in [-0.3, -0.25) is 4.90 Å². The molecule has 0 aromatic heterocycles. The average Bonchev–Trinajstić information content (AvgIpc) is 2.32. The Morgan fingerprint density at radius 3 is 2.28 bits per heavy atom. The Morgan fingerprint density at radius 1 is 1.11 bits per heavy atom. The highest BCUT2D eigenvalue weighted by molar-refractivity contribution is 4.94. The van der Waals surface area contributed by atoms with E-state index in [1.165, 1.54) is 45.2 Å². The van der Waals surface area contributed by atoms with Gasteiger partial charge in [0.15, 0.2) is 0 Å². The van der Waals surface area contributed by atoms with Crippen LogP contribution in [0.15, 0.2) is 0 Å². The van der Waals surface area contributed by atoms with Crippen molar-refractivity contribution in [3.05, 3.63) is 0 Å². The predicted molar refractivity (Wildman–Crippen MR) is 78.5 cm³/mol. The molecule has 2 atom stereocenters. The molecule has 18 heavy (non-hydrogen) atoms. The van der Waals surface area contributed by atoms with Gasteiger partial charge in [0.1, 0.15) is 0 Å². The minimum Gasteiger partial charge on any atom is -0.326 e. The highest BCUT2D eigenvalue weighted by Crippen LogP contribution is 2.38. The summed E-state index contributed by atoms with van der Waals surface area (Å²) in [5.41, 5.74) is 6.88. The Labute approximate surface area is 113 Å². The number of nitrogens with two attached hydrogens (primary N) is 1. The maximum absolute atomic E-state index is 6.38. The summed E-state index contributed by atoms with van der Waals surface area (Å²) >= 11 is 0. The van der Waals surface area contributed by atoms with Gasteiger partial charge in [0, 0.05) is 12.1 Å². The molecule has 1 aliphatic heterocycles. The normalized spacial score (nSPS) is 35.0. The first-order valence-electron chi connectivity index (χ1n) is 7.89. The lowest BCUT2D eigenvalue weighted by Gasteiger charge is -2.47. The first-order valence-corrected chi connectivity index (χ1v) is 7.89. The van der Waals surface area contributed by atoms with Gasteiger partial charge in [-0.1, -0.05) is 27.7 Å². The van der Waals surface area contributed by atoms with Gasteiger partial charge in [0.2, 0.25) is 0 Å². The van der Waals surface area contributed by atoms with Crippen LogP contribution in [-0.4, -0.2) is 30.1 Å². The molecule has 2 fully saturated rings. The van der Waals surface area contributed by atoms with E-state index >= 15 is 0 Å². The molecule has 2 aliphatic rings. The van der Waals surface area contributed by atoms with Gasteiger partial charge in [-0.2, -0.15) is 0 Å². The Morgan fingerprint density at radius 2 is 1.72 bits per heavy atom. The van der Waals surface area contributed by atoms with Crippen LogP contribution in [0.2, 0.25) is 0 Å². The predicted octanol–water partition coefficient (Wildman–Crippen LogP) is 3.26. The van der Waals surface area contributed by atoms with Gasteiger partial charge < -0.3 is 5.73 Å². The number of rotatable bonds is 2. The number of piperidine rings is 1. The minimum atomic E-state index is 0.411. The van der Waals surface area contributed by atoms with Crippen LogP contribution in [-0.2, 0) is 0 Å². The van der Waals surface area contributed by atoms with E-state index in [4.69, 9.17) is 5.73 Å². The molecule has 0 aromatic rings. The SMILES string of the molecule is CC(C)C1CCN(C2CC(C)(C)CCC2N)CC1. The third kappa shape index (κ3) is 3.27. The maximum atomic E-state index is 6.38. The van der Waals surface area contributed by atoms with Crippen molar-refractivity contribution in [2.45, 2.75) is 71.9 Å². The number of hydrogen-bond donors (Lipinski definition) is 1. The Balaban J connectivity index is 1.92. The Hall–Kier alpha value is -0.0800. The minimum absolute atomic E-state index is 0.411. The third-order valence-electron chi connectivity index (χ3n) is 5.40. The van der Waals surface area contributed by atoms with Gasteiger partial charge in [0.25, 0.3) is 0 Å². The summed E-state index contributed by atoms with van der Waals surface area (Å²) in [7, 11) is 0. The van der Waals surface area contributed by atoms with Gasteiger partial charge in [-0.05, 0) is 62.4 Å². The van der Waals surface area contributed by atoms with Crippen LogP contribution in [0.4, 0.5) is 0 Å². The molecule has 1 aliphatic carbocycles. The third-order valence-corrected chi connectivity index (χ3v) is 5.40. The highest BCUT2D eigenvalue weighted by atomic mass is 15.2. The molecule has 0 aromatic carbocycles. The second-order valence-corrected chi connectivity index (χ2v) is 7.76. The summed E-state index contributed by atoms with van der Waals surface area (Å²) in [6, 6.07) is 1.05. The van der Waals surface area contributed by atoms with Crippen LogP contribution in [0.1, 0.15) is 59.8 Å². The van der Waals surface area contributed by atoms with Gasteiger partial charge in [0.05, 0.1) is 0 Å². The molecule has 0 bridgehead atoms. The topological polar surface area (TPSA) is 29.3 Å². The van der Waals surface area contributed by atoms with Crippen molar-refractivity contribution in [3.63, 3.8) is 0 Å². The standard InChI is InChI=1S/C16H32N2/c1-12(2)13-6-9-18(10-7-13)15-11-16(3,4)8-5-14(15)17/h12-15H,5-11,17H2,1-4H3.